The van der Waals surface area contributed by atoms with Gasteiger partial charge >= 0.3 is 0 Å². The minimum Gasteiger partial charge on any atom is -0.346 e. The van der Waals surface area contributed by atoms with Gasteiger partial charge in [0.1, 0.15) is 5.65 Å². The molecule has 0 radical (unpaired) electrons. The first kappa shape index (κ1) is 11.4. The second kappa shape index (κ2) is 4.83. The summed E-state index contributed by atoms with van der Waals surface area (Å²) in [5.41, 5.74) is 3.56. The molecule has 0 saturated carbocycles. The average molecular weight is 279 g/mol. The number of pyridine rings is 1. The summed E-state index contributed by atoms with van der Waals surface area (Å²) in [5.74, 6) is 0.556. The topological polar surface area (TPSA) is 28.7 Å². The van der Waals surface area contributed by atoms with E-state index in [1.807, 2.05) is 12.3 Å². The number of H-pyrrole nitrogens is 1. The van der Waals surface area contributed by atoms with Gasteiger partial charge in [-0.15, -0.1) is 0 Å². The van der Waals surface area contributed by atoms with Crippen LogP contribution in [-0.4, -0.2) is 15.3 Å². The van der Waals surface area contributed by atoms with Crippen molar-refractivity contribution >= 4 is 33.0 Å². The van der Waals surface area contributed by atoms with Crippen molar-refractivity contribution in [3.05, 3.63) is 35.7 Å². The van der Waals surface area contributed by atoms with Crippen LogP contribution < -0.4 is 0 Å². The molecule has 2 nitrogen and oxygen atoms in total. The monoisotopic (exact) mass is 278 g/mol. The van der Waals surface area contributed by atoms with Crippen molar-refractivity contribution < 1.29 is 0 Å². The van der Waals surface area contributed by atoms with Gasteiger partial charge in [-0.05, 0) is 18.1 Å². The van der Waals surface area contributed by atoms with Crippen molar-refractivity contribution in [2.45, 2.75) is 13.8 Å². The van der Waals surface area contributed by atoms with Gasteiger partial charge in [0.05, 0.1) is 0 Å². The molecule has 0 aliphatic carbocycles. The number of rotatable bonds is 3. The Morgan fingerprint density at radius 3 is 3.06 bits per heavy atom. The molecule has 0 amide bonds. The number of halogens is 1. The molecule has 3 heteroatoms. The highest BCUT2D eigenvalue weighted by Gasteiger charge is 2.05. The smallest absolute Gasteiger partial charge is 0.137 e. The summed E-state index contributed by atoms with van der Waals surface area (Å²) < 4.78 is 0. The van der Waals surface area contributed by atoms with Crippen molar-refractivity contribution in [1.82, 2.24) is 9.97 Å². The summed E-state index contributed by atoms with van der Waals surface area (Å²) in [6.45, 7) is 4.42. The quantitative estimate of drug-likeness (QED) is 0.845. The second-order valence-corrected chi connectivity index (χ2v) is 4.71. The lowest BCUT2D eigenvalue weighted by molar-refractivity contribution is 0.781. The van der Waals surface area contributed by atoms with E-state index in [1.165, 1.54) is 16.5 Å². The van der Waals surface area contributed by atoms with Crippen molar-refractivity contribution in [2.24, 2.45) is 5.92 Å². The van der Waals surface area contributed by atoms with E-state index in [2.05, 4.69) is 51.9 Å². The first-order valence-electron chi connectivity index (χ1n) is 5.41. The highest BCUT2D eigenvalue weighted by atomic mass is 79.9. The molecule has 0 aromatic carbocycles. The van der Waals surface area contributed by atoms with Crippen LogP contribution >= 0.6 is 15.9 Å². The minimum atomic E-state index is 0.556. The van der Waals surface area contributed by atoms with Gasteiger partial charge in [-0.25, -0.2) is 4.98 Å². The molecule has 0 saturated heterocycles. The molecule has 2 heterocycles. The minimum absolute atomic E-state index is 0.556. The van der Waals surface area contributed by atoms with Crippen LogP contribution in [0, 0.1) is 5.92 Å². The summed E-state index contributed by atoms with van der Waals surface area (Å²) in [7, 11) is 0. The highest BCUT2D eigenvalue weighted by molar-refractivity contribution is 9.09. The third kappa shape index (κ3) is 2.19. The molecule has 2 rings (SSSR count). The lowest BCUT2D eigenvalue weighted by Gasteiger charge is -2.06. The number of nitrogens with zero attached hydrogens (tertiary/aromatic N) is 1. The van der Waals surface area contributed by atoms with Crippen LogP contribution in [0.2, 0.25) is 0 Å². The predicted molar refractivity (Wildman–Crippen MR) is 72.7 cm³/mol. The average Bonchev–Trinajstić information content (AvgIpc) is 2.69. The van der Waals surface area contributed by atoms with Crippen molar-refractivity contribution in [3.8, 4) is 0 Å². The Balaban J connectivity index is 2.48. The Morgan fingerprint density at radius 1 is 1.56 bits per heavy atom. The van der Waals surface area contributed by atoms with Gasteiger partial charge in [0, 0.05) is 28.7 Å². The van der Waals surface area contributed by atoms with Crippen LogP contribution in [0.25, 0.3) is 17.1 Å². The van der Waals surface area contributed by atoms with Gasteiger partial charge in [-0.2, -0.15) is 0 Å². The van der Waals surface area contributed by atoms with E-state index in [9.17, 15) is 0 Å². The number of alkyl halides is 1. The number of allylic oxidation sites excluding steroid dienone is 1. The van der Waals surface area contributed by atoms with Gasteiger partial charge in [0.2, 0.25) is 0 Å². The zero-order valence-corrected chi connectivity index (χ0v) is 11.1. The molecule has 0 atom stereocenters. The maximum absolute atomic E-state index is 4.28. The summed E-state index contributed by atoms with van der Waals surface area (Å²) in [6.07, 6.45) is 6.06. The molecular weight excluding hydrogens is 264 g/mol. The number of hydrogen-bond acceptors (Lipinski definition) is 1. The molecule has 16 heavy (non-hydrogen) atoms. The van der Waals surface area contributed by atoms with Gasteiger partial charge in [-0.1, -0.05) is 41.4 Å². The number of aromatic nitrogens is 2. The van der Waals surface area contributed by atoms with Crippen LogP contribution in [0.1, 0.15) is 19.4 Å². The van der Waals surface area contributed by atoms with Crippen LogP contribution in [0.4, 0.5) is 0 Å². The van der Waals surface area contributed by atoms with E-state index in [4.69, 9.17) is 0 Å². The normalized spacial score (nSPS) is 12.6. The van der Waals surface area contributed by atoms with E-state index < -0.39 is 0 Å². The molecular formula is C13H15BrN2. The standard InChI is InChI=1S/C13H15BrN2/c1-9(2)10(7-14)6-11-8-16-13-12(11)4-3-5-15-13/h3-6,8-9H,7H2,1-2H3,(H,15,16). The number of aromatic amines is 1. The Kier molecular flexibility index (Phi) is 3.44. The van der Waals surface area contributed by atoms with Gasteiger partial charge < -0.3 is 4.98 Å². The highest BCUT2D eigenvalue weighted by Crippen LogP contribution is 2.22. The molecule has 0 fully saturated rings. The fourth-order valence-corrected chi connectivity index (χ4v) is 2.47. The van der Waals surface area contributed by atoms with Crippen LogP contribution in [0.5, 0.6) is 0 Å². The predicted octanol–water partition coefficient (Wildman–Crippen LogP) is 4.00. The van der Waals surface area contributed by atoms with Crippen LogP contribution in [0.15, 0.2) is 30.1 Å². The van der Waals surface area contributed by atoms with Crippen molar-refractivity contribution in [2.75, 3.05) is 5.33 Å². The molecule has 0 spiro atoms. The molecule has 0 unspecified atom stereocenters. The molecule has 2 aromatic rings. The summed E-state index contributed by atoms with van der Waals surface area (Å²) >= 11 is 3.53. The largest absolute Gasteiger partial charge is 0.346 e. The number of fused-ring (bicyclic) bond motifs is 1. The van der Waals surface area contributed by atoms with Gasteiger partial charge in [0.15, 0.2) is 0 Å². The Hall–Kier alpha value is -1.09. The summed E-state index contributed by atoms with van der Waals surface area (Å²) in [5, 5.41) is 2.10. The van der Waals surface area contributed by atoms with E-state index >= 15 is 0 Å². The third-order valence-electron chi connectivity index (χ3n) is 2.72. The zero-order chi connectivity index (χ0) is 11.5. The van der Waals surface area contributed by atoms with Crippen LogP contribution in [-0.2, 0) is 0 Å². The maximum Gasteiger partial charge on any atom is 0.137 e. The summed E-state index contributed by atoms with van der Waals surface area (Å²) in [4.78, 5) is 7.47. The lowest BCUT2D eigenvalue weighted by atomic mass is 10.0. The first-order chi connectivity index (χ1) is 7.72. The fourth-order valence-electron chi connectivity index (χ4n) is 1.66. The van der Waals surface area contributed by atoms with Gasteiger partial charge in [-0.3, -0.25) is 0 Å². The van der Waals surface area contributed by atoms with E-state index in [-0.39, 0.29) is 0 Å². The van der Waals surface area contributed by atoms with Gasteiger partial charge in [0.25, 0.3) is 0 Å². The Morgan fingerprint density at radius 2 is 2.38 bits per heavy atom. The maximum atomic E-state index is 4.28. The van der Waals surface area contributed by atoms with E-state index in [1.54, 1.807) is 6.20 Å². The van der Waals surface area contributed by atoms with Crippen molar-refractivity contribution in [1.29, 1.82) is 0 Å². The Labute approximate surface area is 104 Å². The molecule has 0 aliphatic heterocycles. The lowest BCUT2D eigenvalue weighted by Crippen LogP contribution is -1.94. The molecule has 0 bridgehead atoms. The number of hydrogen-bond donors (Lipinski definition) is 1. The molecule has 2 aromatic heterocycles. The fraction of sp³-hybridized carbons (Fsp3) is 0.308. The molecule has 1 N–H and O–H groups in total. The third-order valence-corrected chi connectivity index (χ3v) is 3.37. The first-order valence-corrected chi connectivity index (χ1v) is 6.53. The number of nitrogens with one attached hydrogen (secondary N) is 1. The Bertz CT molecular complexity index is 511. The van der Waals surface area contributed by atoms with E-state index in [0.717, 1.165) is 11.0 Å². The zero-order valence-electron chi connectivity index (χ0n) is 9.50. The van der Waals surface area contributed by atoms with Crippen molar-refractivity contribution in [3.63, 3.8) is 0 Å². The van der Waals surface area contributed by atoms with Crippen LogP contribution in [0.3, 0.4) is 0 Å². The molecule has 0 aliphatic rings. The second-order valence-electron chi connectivity index (χ2n) is 4.15. The van der Waals surface area contributed by atoms with E-state index in [0.29, 0.717) is 5.92 Å². The SMILES string of the molecule is CC(C)C(=Cc1c[nH]c2ncccc12)CBr. The summed E-state index contributed by atoms with van der Waals surface area (Å²) in [6, 6.07) is 4.06. The molecule has 84 valence electrons.